The molecule has 0 aliphatic carbocycles. The number of nitrogens with two attached hydrogens (primary N) is 1. The monoisotopic (exact) mass is 245 g/mol. The van der Waals surface area contributed by atoms with Gasteiger partial charge in [0.1, 0.15) is 0 Å². The third-order valence-electron chi connectivity index (χ3n) is 3.00. The van der Waals surface area contributed by atoms with Crippen LogP contribution in [-0.4, -0.2) is 11.3 Å². The minimum atomic E-state index is -0.624. The number of carbonyl (C=O) groups is 1. The second kappa shape index (κ2) is 3.89. The molecule has 0 saturated carbocycles. The summed E-state index contributed by atoms with van der Waals surface area (Å²) in [6.45, 7) is 7.41. The van der Waals surface area contributed by atoms with E-state index >= 15 is 0 Å². The van der Waals surface area contributed by atoms with Crippen molar-refractivity contribution in [2.45, 2.75) is 33.2 Å². The standard InChI is InChI=1S/C11H16ClNOS/c1-10(2,11(3,4)13)9(14)8-7(12)5-6-15-8/h5-6H,13H2,1-4H3. The summed E-state index contributed by atoms with van der Waals surface area (Å²) in [5, 5.41) is 2.33. The van der Waals surface area contributed by atoms with Gasteiger partial charge in [0.25, 0.3) is 0 Å². The normalized spacial score (nSPS) is 12.9. The van der Waals surface area contributed by atoms with Gasteiger partial charge in [0.15, 0.2) is 5.78 Å². The minimum Gasteiger partial charge on any atom is -0.325 e. The average Bonchev–Trinajstić information content (AvgIpc) is 2.48. The largest absolute Gasteiger partial charge is 0.325 e. The molecule has 0 spiro atoms. The van der Waals surface area contributed by atoms with Gasteiger partial charge in [-0.15, -0.1) is 11.3 Å². The van der Waals surface area contributed by atoms with E-state index < -0.39 is 11.0 Å². The predicted octanol–water partition coefficient (Wildman–Crippen LogP) is 3.35. The van der Waals surface area contributed by atoms with E-state index in [2.05, 4.69) is 0 Å². The predicted molar refractivity (Wildman–Crippen MR) is 65.7 cm³/mol. The molecule has 4 heteroatoms. The molecule has 2 nitrogen and oxygen atoms in total. The summed E-state index contributed by atoms with van der Waals surface area (Å²) in [5.74, 6) is 0.00926. The van der Waals surface area contributed by atoms with E-state index in [0.717, 1.165) is 0 Å². The summed E-state index contributed by atoms with van der Waals surface area (Å²) < 4.78 is 0. The van der Waals surface area contributed by atoms with Gasteiger partial charge in [-0.05, 0) is 25.3 Å². The first-order valence-corrected chi connectivity index (χ1v) is 6.00. The lowest BCUT2D eigenvalue weighted by molar-refractivity contribution is 0.0740. The number of Topliss-reactive ketones (excluding diaryl/α,β-unsaturated/α-hetero) is 1. The number of hydrogen-bond acceptors (Lipinski definition) is 3. The second-order valence-electron chi connectivity index (χ2n) is 4.77. The lowest BCUT2D eigenvalue weighted by Gasteiger charge is -2.36. The van der Waals surface area contributed by atoms with Crippen molar-refractivity contribution in [2.75, 3.05) is 0 Å². The number of thiophene rings is 1. The highest BCUT2D eigenvalue weighted by molar-refractivity contribution is 7.12. The molecule has 0 aromatic carbocycles. The Morgan fingerprint density at radius 1 is 1.40 bits per heavy atom. The molecule has 15 heavy (non-hydrogen) atoms. The molecule has 1 rings (SSSR count). The summed E-state index contributed by atoms with van der Waals surface area (Å²) in [7, 11) is 0. The van der Waals surface area contributed by atoms with Crippen LogP contribution in [0.2, 0.25) is 5.02 Å². The molecule has 1 heterocycles. The molecule has 0 fully saturated rings. The third kappa shape index (κ3) is 2.25. The van der Waals surface area contributed by atoms with Crippen molar-refractivity contribution in [1.29, 1.82) is 0 Å². The van der Waals surface area contributed by atoms with E-state index in [1.807, 2.05) is 33.1 Å². The van der Waals surface area contributed by atoms with E-state index in [-0.39, 0.29) is 5.78 Å². The Labute approximate surface area is 99.4 Å². The SMILES string of the molecule is CC(C)(N)C(C)(C)C(=O)c1sccc1Cl. The van der Waals surface area contributed by atoms with Crippen molar-refractivity contribution in [1.82, 2.24) is 0 Å². The summed E-state index contributed by atoms with van der Waals surface area (Å²) in [5.41, 5.74) is 4.82. The van der Waals surface area contributed by atoms with Crippen molar-refractivity contribution >= 4 is 28.7 Å². The van der Waals surface area contributed by atoms with Gasteiger partial charge in [0.05, 0.1) is 9.90 Å². The molecule has 0 amide bonds. The van der Waals surface area contributed by atoms with Gasteiger partial charge in [-0.1, -0.05) is 25.4 Å². The maximum absolute atomic E-state index is 12.2. The van der Waals surface area contributed by atoms with Crippen molar-refractivity contribution in [3.05, 3.63) is 21.3 Å². The van der Waals surface area contributed by atoms with Crippen molar-refractivity contribution in [3.8, 4) is 0 Å². The van der Waals surface area contributed by atoms with Gasteiger partial charge in [-0.25, -0.2) is 0 Å². The van der Waals surface area contributed by atoms with Crippen LogP contribution in [-0.2, 0) is 0 Å². The number of hydrogen-bond donors (Lipinski definition) is 1. The summed E-state index contributed by atoms with van der Waals surface area (Å²) in [6, 6.07) is 1.74. The van der Waals surface area contributed by atoms with Gasteiger partial charge in [-0.3, -0.25) is 4.79 Å². The smallest absolute Gasteiger partial charge is 0.181 e. The van der Waals surface area contributed by atoms with E-state index in [4.69, 9.17) is 17.3 Å². The molecule has 0 radical (unpaired) electrons. The Morgan fingerprint density at radius 2 is 1.93 bits per heavy atom. The van der Waals surface area contributed by atoms with Crippen LogP contribution in [0.1, 0.15) is 37.4 Å². The van der Waals surface area contributed by atoms with Crippen molar-refractivity contribution in [3.63, 3.8) is 0 Å². The molecule has 1 aromatic heterocycles. The van der Waals surface area contributed by atoms with Crippen LogP contribution < -0.4 is 5.73 Å². The summed E-state index contributed by atoms with van der Waals surface area (Å²) >= 11 is 7.30. The molecule has 2 N–H and O–H groups in total. The highest BCUT2D eigenvalue weighted by Crippen LogP contribution is 2.36. The lowest BCUT2D eigenvalue weighted by Crippen LogP contribution is -2.51. The Bertz CT molecular complexity index is 376. The zero-order valence-corrected chi connectivity index (χ0v) is 11.0. The Hall–Kier alpha value is -0.380. The average molecular weight is 246 g/mol. The van der Waals surface area contributed by atoms with Crippen LogP contribution in [0, 0.1) is 5.41 Å². The van der Waals surface area contributed by atoms with Gasteiger partial charge in [0.2, 0.25) is 0 Å². The van der Waals surface area contributed by atoms with Gasteiger partial charge >= 0.3 is 0 Å². The quantitative estimate of drug-likeness (QED) is 0.830. The van der Waals surface area contributed by atoms with E-state index in [0.29, 0.717) is 9.90 Å². The van der Waals surface area contributed by atoms with Crippen LogP contribution in [0.25, 0.3) is 0 Å². The molecule has 0 saturated heterocycles. The Morgan fingerprint density at radius 3 is 2.27 bits per heavy atom. The molecular weight excluding hydrogens is 230 g/mol. The number of halogens is 1. The maximum Gasteiger partial charge on any atom is 0.181 e. The molecule has 1 aromatic rings. The number of rotatable bonds is 3. The summed E-state index contributed by atoms with van der Waals surface area (Å²) in [6.07, 6.45) is 0. The summed E-state index contributed by atoms with van der Waals surface area (Å²) in [4.78, 5) is 12.8. The van der Waals surface area contributed by atoms with Crippen molar-refractivity contribution in [2.24, 2.45) is 11.1 Å². The fourth-order valence-electron chi connectivity index (χ4n) is 1.03. The fourth-order valence-corrected chi connectivity index (χ4v) is 2.27. The molecule has 0 aliphatic heterocycles. The maximum atomic E-state index is 12.2. The highest BCUT2D eigenvalue weighted by Gasteiger charge is 2.41. The molecule has 0 atom stereocenters. The second-order valence-corrected chi connectivity index (χ2v) is 6.10. The van der Waals surface area contributed by atoms with Crippen LogP contribution in [0.3, 0.4) is 0 Å². The van der Waals surface area contributed by atoms with Gasteiger partial charge < -0.3 is 5.73 Å². The number of ketones is 1. The van der Waals surface area contributed by atoms with Crippen molar-refractivity contribution < 1.29 is 4.79 Å². The van der Waals surface area contributed by atoms with Crippen LogP contribution >= 0.6 is 22.9 Å². The first-order valence-electron chi connectivity index (χ1n) is 4.74. The molecule has 0 bridgehead atoms. The molecule has 0 aliphatic rings. The van der Waals surface area contributed by atoms with Crippen LogP contribution in [0.4, 0.5) is 0 Å². The minimum absolute atomic E-state index is 0.00926. The van der Waals surface area contributed by atoms with Crippen LogP contribution in [0.15, 0.2) is 11.4 Å². The first-order chi connectivity index (χ1) is 6.68. The lowest BCUT2D eigenvalue weighted by atomic mass is 9.72. The first kappa shape index (κ1) is 12.7. The van der Waals surface area contributed by atoms with E-state index in [9.17, 15) is 4.79 Å². The Balaban J connectivity index is 3.11. The number of carbonyl (C=O) groups excluding carboxylic acids is 1. The Kier molecular flexibility index (Phi) is 3.29. The zero-order valence-electron chi connectivity index (χ0n) is 9.43. The fraction of sp³-hybridized carbons (Fsp3) is 0.545. The van der Waals surface area contributed by atoms with E-state index in [1.54, 1.807) is 6.07 Å². The molecular formula is C11H16ClNOS. The van der Waals surface area contributed by atoms with Gasteiger partial charge in [-0.2, -0.15) is 0 Å². The molecule has 84 valence electrons. The highest BCUT2D eigenvalue weighted by atomic mass is 35.5. The zero-order chi connectivity index (χ0) is 11.9. The van der Waals surface area contributed by atoms with Crippen LogP contribution in [0.5, 0.6) is 0 Å². The molecule has 0 unspecified atom stereocenters. The van der Waals surface area contributed by atoms with Gasteiger partial charge in [0, 0.05) is 11.0 Å². The van der Waals surface area contributed by atoms with E-state index in [1.165, 1.54) is 11.3 Å². The third-order valence-corrected chi connectivity index (χ3v) is 4.34. The topological polar surface area (TPSA) is 43.1 Å².